The third-order valence-corrected chi connectivity index (χ3v) is 4.41. The molecule has 0 aliphatic carbocycles. The van der Waals surface area contributed by atoms with Gasteiger partial charge < -0.3 is 9.84 Å². The number of carboxylic acid groups (broad SMARTS) is 1. The molecule has 1 rings (SSSR count). The second kappa shape index (κ2) is 5.08. The molecule has 0 heterocycles. The molecular formula is C13H17BrO3. The van der Waals surface area contributed by atoms with E-state index in [4.69, 9.17) is 9.84 Å². The highest BCUT2D eigenvalue weighted by Crippen LogP contribution is 2.39. The molecule has 1 aromatic rings. The molecule has 1 unspecified atom stereocenters. The van der Waals surface area contributed by atoms with Crippen LogP contribution in [0, 0.1) is 20.8 Å². The first kappa shape index (κ1) is 14.0. The molecule has 0 spiro atoms. The van der Waals surface area contributed by atoms with Crippen LogP contribution in [-0.2, 0) is 4.79 Å². The van der Waals surface area contributed by atoms with E-state index in [9.17, 15) is 4.79 Å². The van der Waals surface area contributed by atoms with Crippen molar-refractivity contribution < 1.29 is 14.6 Å². The summed E-state index contributed by atoms with van der Waals surface area (Å²) in [6, 6.07) is 0. The molecule has 0 amide bonds. The quantitative estimate of drug-likeness (QED) is 0.928. The van der Waals surface area contributed by atoms with Gasteiger partial charge in [-0.2, -0.15) is 0 Å². The molecule has 17 heavy (non-hydrogen) atoms. The Bertz CT molecular complexity index is 466. The van der Waals surface area contributed by atoms with Crippen LogP contribution in [-0.4, -0.2) is 18.2 Å². The van der Waals surface area contributed by atoms with Gasteiger partial charge in [0.25, 0.3) is 0 Å². The summed E-state index contributed by atoms with van der Waals surface area (Å²) < 4.78 is 6.34. The zero-order valence-electron chi connectivity index (χ0n) is 10.7. The maximum Gasteiger partial charge on any atom is 0.310 e. The summed E-state index contributed by atoms with van der Waals surface area (Å²) >= 11 is 3.51. The van der Waals surface area contributed by atoms with Crippen LogP contribution < -0.4 is 4.74 Å². The molecule has 4 heteroatoms. The summed E-state index contributed by atoms with van der Waals surface area (Å²) in [5.41, 5.74) is 3.74. The maximum atomic E-state index is 11.2. The van der Waals surface area contributed by atoms with Gasteiger partial charge in [0.15, 0.2) is 0 Å². The molecule has 0 bridgehead atoms. The van der Waals surface area contributed by atoms with E-state index < -0.39 is 11.9 Å². The molecular weight excluding hydrogens is 284 g/mol. The largest absolute Gasteiger partial charge is 0.496 e. The number of hydrogen-bond acceptors (Lipinski definition) is 2. The number of methoxy groups -OCH3 is 1. The van der Waals surface area contributed by atoms with Gasteiger partial charge in [-0.15, -0.1) is 0 Å². The van der Waals surface area contributed by atoms with Gasteiger partial charge in [-0.25, -0.2) is 0 Å². The van der Waals surface area contributed by atoms with Crippen LogP contribution in [0.5, 0.6) is 5.75 Å². The summed E-state index contributed by atoms with van der Waals surface area (Å²) in [7, 11) is 1.58. The Morgan fingerprint density at radius 2 is 1.76 bits per heavy atom. The van der Waals surface area contributed by atoms with Crippen molar-refractivity contribution in [1.29, 1.82) is 0 Å². The molecule has 0 aliphatic rings. The summed E-state index contributed by atoms with van der Waals surface area (Å²) in [6.45, 7) is 7.52. The molecule has 0 aromatic heterocycles. The first-order chi connectivity index (χ1) is 7.82. The average molecular weight is 301 g/mol. The van der Waals surface area contributed by atoms with Crippen LogP contribution in [0.15, 0.2) is 4.47 Å². The fourth-order valence-electron chi connectivity index (χ4n) is 2.01. The SMILES string of the molecule is COc1c(C)c(C)c(Br)c(C)c1C(C)C(=O)O. The standard InChI is InChI=1S/C13H17BrO3/c1-6-7(2)12(17-5)10(8(3)11(6)14)9(4)13(15)16/h9H,1-5H3,(H,15,16). The number of rotatable bonds is 3. The number of ether oxygens (including phenoxy) is 1. The Kier molecular flexibility index (Phi) is 4.20. The van der Waals surface area contributed by atoms with Crippen LogP contribution in [0.4, 0.5) is 0 Å². The highest BCUT2D eigenvalue weighted by molar-refractivity contribution is 9.10. The van der Waals surface area contributed by atoms with Crippen LogP contribution in [0.2, 0.25) is 0 Å². The zero-order chi connectivity index (χ0) is 13.3. The molecule has 1 aromatic carbocycles. The minimum absolute atomic E-state index is 0.583. The monoisotopic (exact) mass is 300 g/mol. The highest BCUT2D eigenvalue weighted by atomic mass is 79.9. The van der Waals surface area contributed by atoms with Crippen molar-refractivity contribution in [3.8, 4) is 5.75 Å². The topological polar surface area (TPSA) is 46.5 Å². The van der Waals surface area contributed by atoms with E-state index in [1.54, 1.807) is 14.0 Å². The third kappa shape index (κ3) is 2.32. The summed E-state index contributed by atoms with van der Waals surface area (Å²) in [5, 5.41) is 9.16. The summed E-state index contributed by atoms with van der Waals surface area (Å²) in [4.78, 5) is 11.2. The molecule has 3 nitrogen and oxygen atoms in total. The van der Waals surface area contributed by atoms with E-state index in [-0.39, 0.29) is 0 Å². The van der Waals surface area contributed by atoms with Crippen LogP contribution >= 0.6 is 15.9 Å². The Balaban J connectivity index is 3.63. The number of benzene rings is 1. The fourth-order valence-corrected chi connectivity index (χ4v) is 2.53. The van der Waals surface area contributed by atoms with Crippen LogP contribution in [0.3, 0.4) is 0 Å². The van der Waals surface area contributed by atoms with Gasteiger partial charge in [0.1, 0.15) is 5.75 Å². The lowest BCUT2D eigenvalue weighted by atomic mass is 9.91. The van der Waals surface area contributed by atoms with E-state index in [0.717, 1.165) is 26.7 Å². The Labute approximate surface area is 110 Å². The van der Waals surface area contributed by atoms with Gasteiger partial charge in [-0.05, 0) is 44.4 Å². The molecule has 0 aliphatic heterocycles. The second-order valence-corrected chi connectivity index (χ2v) is 4.99. The third-order valence-electron chi connectivity index (χ3n) is 3.22. The van der Waals surface area contributed by atoms with Crippen molar-refractivity contribution in [3.05, 3.63) is 26.7 Å². The molecule has 1 atom stereocenters. The number of carbonyl (C=O) groups is 1. The van der Waals surface area contributed by atoms with E-state index in [2.05, 4.69) is 15.9 Å². The second-order valence-electron chi connectivity index (χ2n) is 4.20. The minimum Gasteiger partial charge on any atom is -0.496 e. The molecule has 0 radical (unpaired) electrons. The maximum absolute atomic E-state index is 11.2. The number of carboxylic acids is 1. The van der Waals surface area contributed by atoms with Crippen molar-refractivity contribution >= 4 is 21.9 Å². The predicted octanol–water partition coefficient (Wildman–Crippen LogP) is 3.57. The first-order valence-corrected chi connectivity index (χ1v) is 6.18. The summed E-state index contributed by atoms with van der Waals surface area (Å²) in [5.74, 6) is -0.750. The van der Waals surface area contributed by atoms with Crippen molar-refractivity contribution in [2.24, 2.45) is 0 Å². The minimum atomic E-state index is -0.846. The van der Waals surface area contributed by atoms with Crippen LogP contribution in [0.1, 0.15) is 35.1 Å². The van der Waals surface area contributed by atoms with E-state index in [1.807, 2.05) is 20.8 Å². The smallest absolute Gasteiger partial charge is 0.310 e. The highest BCUT2D eigenvalue weighted by Gasteiger charge is 2.25. The molecule has 0 saturated heterocycles. The van der Waals surface area contributed by atoms with Gasteiger partial charge in [-0.3, -0.25) is 4.79 Å². The van der Waals surface area contributed by atoms with Gasteiger partial charge in [0.2, 0.25) is 0 Å². The number of halogens is 1. The fraction of sp³-hybridized carbons (Fsp3) is 0.462. The lowest BCUT2D eigenvalue weighted by molar-refractivity contribution is -0.138. The Morgan fingerprint density at radius 1 is 1.24 bits per heavy atom. The van der Waals surface area contributed by atoms with Gasteiger partial charge >= 0.3 is 5.97 Å². The lowest BCUT2D eigenvalue weighted by Gasteiger charge is -2.21. The van der Waals surface area contributed by atoms with Gasteiger partial charge in [-0.1, -0.05) is 15.9 Å². The molecule has 94 valence electrons. The van der Waals surface area contributed by atoms with Crippen molar-refractivity contribution in [2.45, 2.75) is 33.6 Å². The normalized spacial score (nSPS) is 12.4. The Hall–Kier alpha value is -1.03. The number of hydrogen-bond donors (Lipinski definition) is 1. The van der Waals surface area contributed by atoms with Gasteiger partial charge in [0.05, 0.1) is 13.0 Å². The summed E-state index contributed by atoms with van der Waals surface area (Å²) in [6.07, 6.45) is 0. The van der Waals surface area contributed by atoms with Gasteiger partial charge in [0, 0.05) is 10.0 Å². The van der Waals surface area contributed by atoms with Crippen LogP contribution in [0.25, 0.3) is 0 Å². The van der Waals surface area contributed by atoms with E-state index in [1.165, 1.54) is 0 Å². The predicted molar refractivity (Wildman–Crippen MR) is 71.0 cm³/mol. The molecule has 0 saturated carbocycles. The van der Waals surface area contributed by atoms with Crippen molar-refractivity contribution in [1.82, 2.24) is 0 Å². The van der Waals surface area contributed by atoms with Crippen molar-refractivity contribution in [2.75, 3.05) is 7.11 Å². The van der Waals surface area contributed by atoms with E-state index >= 15 is 0 Å². The lowest BCUT2D eigenvalue weighted by Crippen LogP contribution is -2.12. The van der Waals surface area contributed by atoms with E-state index in [0.29, 0.717) is 5.75 Å². The molecule has 1 N–H and O–H groups in total. The first-order valence-electron chi connectivity index (χ1n) is 5.38. The number of aliphatic carboxylic acids is 1. The van der Waals surface area contributed by atoms with Crippen molar-refractivity contribution in [3.63, 3.8) is 0 Å². The zero-order valence-corrected chi connectivity index (χ0v) is 12.3. The molecule has 0 fully saturated rings. The Morgan fingerprint density at radius 3 is 2.18 bits per heavy atom. The average Bonchev–Trinajstić information content (AvgIpc) is 2.29.